The smallest absolute Gasteiger partial charge is 0.139 e. The summed E-state index contributed by atoms with van der Waals surface area (Å²) in [5.41, 5.74) is 2.91. The van der Waals surface area contributed by atoms with Gasteiger partial charge in [0.25, 0.3) is 0 Å². The molecule has 1 atom stereocenters. The Morgan fingerprint density at radius 2 is 1.96 bits per heavy atom. The van der Waals surface area contributed by atoms with E-state index in [2.05, 4.69) is 46.3 Å². The second kappa shape index (κ2) is 6.53. The maximum atomic E-state index is 5.06. The third kappa shape index (κ3) is 2.92. The summed E-state index contributed by atoms with van der Waals surface area (Å²) in [6.07, 6.45) is 6.53. The Labute approximate surface area is 169 Å². The van der Waals surface area contributed by atoms with E-state index in [0.717, 1.165) is 42.0 Å². The summed E-state index contributed by atoms with van der Waals surface area (Å²) in [5.74, 6) is 3.55. The normalized spacial score (nSPS) is 24.7. The number of rotatable bonds is 6. The van der Waals surface area contributed by atoms with Crippen molar-refractivity contribution in [2.24, 2.45) is 11.3 Å². The minimum absolute atomic E-state index is 0.403. The van der Waals surface area contributed by atoms with Crippen LogP contribution in [0.2, 0.25) is 0 Å². The van der Waals surface area contributed by atoms with E-state index in [0.29, 0.717) is 11.3 Å². The topological polar surface area (TPSA) is 49.8 Å². The average Bonchev–Trinajstić information content (AvgIpc) is 3.67. The van der Waals surface area contributed by atoms with E-state index in [-0.39, 0.29) is 0 Å². The molecule has 3 heterocycles. The SMILES string of the molecule is c1ccc(-c2csc3nc(C4CC4)nc(NCC4(C5CC5)CCNC4)c23)cc1. The van der Waals surface area contributed by atoms with Crippen LogP contribution in [-0.2, 0) is 0 Å². The van der Waals surface area contributed by atoms with Gasteiger partial charge in [-0.1, -0.05) is 30.3 Å². The molecule has 2 aliphatic carbocycles. The van der Waals surface area contributed by atoms with Gasteiger partial charge in [0.2, 0.25) is 0 Å². The lowest BCUT2D eigenvalue weighted by molar-refractivity contribution is 0.293. The van der Waals surface area contributed by atoms with Crippen LogP contribution in [0.1, 0.15) is 43.8 Å². The zero-order chi connectivity index (χ0) is 18.6. The lowest BCUT2D eigenvalue weighted by atomic mass is 9.81. The van der Waals surface area contributed by atoms with E-state index in [4.69, 9.17) is 9.97 Å². The third-order valence-electron chi connectivity index (χ3n) is 6.81. The van der Waals surface area contributed by atoms with Gasteiger partial charge in [-0.05, 0) is 50.1 Å². The minimum Gasteiger partial charge on any atom is -0.369 e. The molecule has 2 saturated carbocycles. The second-order valence-electron chi connectivity index (χ2n) is 8.82. The fourth-order valence-corrected chi connectivity index (χ4v) is 5.76. The molecule has 0 spiro atoms. The predicted octanol–water partition coefficient (Wildman–Crippen LogP) is 5.04. The first-order valence-electron chi connectivity index (χ1n) is 10.6. The van der Waals surface area contributed by atoms with Gasteiger partial charge < -0.3 is 10.6 Å². The van der Waals surface area contributed by atoms with Crippen molar-refractivity contribution in [2.45, 2.75) is 38.0 Å². The van der Waals surface area contributed by atoms with Gasteiger partial charge in [0.15, 0.2) is 0 Å². The number of nitrogens with zero attached hydrogens (tertiary/aromatic N) is 2. The molecule has 2 N–H and O–H groups in total. The summed E-state index contributed by atoms with van der Waals surface area (Å²) in [5, 5.41) is 10.9. The Hall–Kier alpha value is -1.98. The molecule has 3 fully saturated rings. The molecule has 4 nitrogen and oxygen atoms in total. The molecule has 2 aromatic heterocycles. The highest BCUT2D eigenvalue weighted by molar-refractivity contribution is 7.17. The molecule has 0 radical (unpaired) electrons. The van der Waals surface area contributed by atoms with Crippen LogP contribution in [-0.4, -0.2) is 29.6 Å². The maximum Gasteiger partial charge on any atom is 0.139 e. The van der Waals surface area contributed by atoms with Crippen LogP contribution in [0.5, 0.6) is 0 Å². The number of hydrogen-bond acceptors (Lipinski definition) is 5. The van der Waals surface area contributed by atoms with Crippen LogP contribution >= 0.6 is 11.3 Å². The number of nitrogens with one attached hydrogen (secondary N) is 2. The summed E-state index contributed by atoms with van der Waals surface area (Å²) in [6, 6.07) is 10.7. The summed E-state index contributed by atoms with van der Waals surface area (Å²) >= 11 is 1.75. The zero-order valence-corrected chi connectivity index (χ0v) is 16.9. The number of benzene rings is 1. The summed E-state index contributed by atoms with van der Waals surface area (Å²) < 4.78 is 0. The molecule has 144 valence electrons. The molecular formula is C23H26N4S. The Morgan fingerprint density at radius 1 is 1.11 bits per heavy atom. The molecule has 1 aromatic carbocycles. The fraction of sp³-hybridized carbons (Fsp3) is 0.478. The summed E-state index contributed by atoms with van der Waals surface area (Å²) in [7, 11) is 0. The molecule has 3 aromatic rings. The number of anilines is 1. The van der Waals surface area contributed by atoms with Crippen molar-refractivity contribution in [2.75, 3.05) is 25.0 Å². The largest absolute Gasteiger partial charge is 0.369 e. The van der Waals surface area contributed by atoms with Crippen molar-refractivity contribution >= 4 is 27.4 Å². The summed E-state index contributed by atoms with van der Waals surface area (Å²) in [4.78, 5) is 11.1. The highest BCUT2D eigenvalue weighted by atomic mass is 32.1. The minimum atomic E-state index is 0.403. The molecule has 1 unspecified atom stereocenters. The molecule has 0 amide bonds. The standard InChI is InChI=1S/C23H26N4S/c1-2-4-15(5-3-1)18-12-28-22-19(18)21(26-20(27-22)16-6-7-16)25-14-23(17-8-9-17)10-11-24-13-23/h1-5,12,16-17,24H,6-11,13-14H2,(H,25,26,27). The average molecular weight is 391 g/mol. The molecule has 1 saturated heterocycles. The fourth-order valence-electron chi connectivity index (χ4n) is 4.80. The van der Waals surface area contributed by atoms with Gasteiger partial charge in [-0.25, -0.2) is 9.97 Å². The van der Waals surface area contributed by atoms with Crippen LogP contribution in [0.4, 0.5) is 5.82 Å². The van der Waals surface area contributed by atoms with Gasteiger partial charge in [-0.15, -0.1) is 11.3 Å². The quantitative estimate of drug-likeness (QED) is 0.619. The highest BCUT2D eigenvalue weighted by Crippen LogP contribution is 2.49. The number of aromatic nitrogens is 2. The van der Waals surface area contributed by atoms with Gasteiger partial charge in [0.05, 0.1) is 5.39 Å². The first-order chi connectivity index (χ1) is 13.8. The van der Waals surface area contributed by atoms with Crippen molar-refractivity contribution in [1.82, 2.24) is 15.3 Å². The molecule has 6 rings (SSSR count). The van der Waals surface area contributed by atoms with E-state index in [1.807, 2.05) is 0 Å². The van der Waals surface area contributed by atoms with Gasteiger partial charge in [0.1, 0.15) is 16.5 Å². The number of hydrogen-bond donors (Lipinski definition) is 2. The van der Waals surface area contributed by atoms with Crippen LogP contribution in [0, 0.1) is 11.3 Å². The molecule has 3 aliphatic rings. The van der Waals surface area contributed by atoms with Gasteiger partial charge in [0, 0.05) is 35.4 Å². The van der Waals surface area contributed by atoms with Crippen LogP contribution in [0.3, 0.4) is 0 Å². The van der Waals surface area contributed by atoms with E-state index in [1.54, 1.807) is 11.3 Å². The number of fused-ring (bicyclic) bond motifs is 1. The maximum absolute atomic E-state index is 5.06. The third-order valence-corrected chi connectivity index (χ3v) is 7.68. The Kier molecular flexibility index (Phi) is 3.95. The van der Waals surface area contributed by atoms with Crippen LogP contribution in [0.15, 0.2) is 35.7 Å². The Balaban J connectivity index is 1.41. The zero-order valence-electron chi connectivity index (χ0n) is 16.1. The first kappa shape index (κ1) is 16.9. The van der Waals surface area contributed by atoms with Crippen LogP contribution in [0.25, 0.3) is 21.3 Å². The lowest BCUT2D eigenvalue weighted by Crippen LogP contribution is -2.34. The van der Waals surface area contributed by atoms with Crippen molar-refractivity contribution in [1.29, 1.82) is 0 Å². The Morgan fingerprint density at radius 3 is 2.68 bits per heavy atom. The van der Waals surface area contributed by atoms with Crippen molar-refractivity contribution in [3.05, 3.63) is 41.5 Å². The van der Waals surface area contributed by atoms with Crippen LogP contribution < -0.4 is 10.6 Å². The molecule has 28 heavy (non-hydrogen) atoms. The van der Waals surface area contributed by atoms with E-state index in [9.17, 15) is 0 Å². The van der Waals surface area contributed by atoms with Gasteiger partial charge in [-0.3, -0.25) is 0 Å². The summed E-state index contributed by atoms with van der Waals surface area (Å²) in [6.45, 7) is 3.31. The van der Waals surface area contributed by atoms with Gasteiger partial charge in [-0.2, -0.15) is 0 Å². The molecule has 0 bridgehead atoms. The van der Waals surface area contributed by atoms with Crippen molar-refractivity contribution in [3.8, 4) is 11.1 Å². The lowest BCUT2D eigenvalue weighted by Gasteiger charge is -2.29. The molecule has 5 heteroatoms. The van der Waals surface area contributed by atoms with E-state index in [1.165, 1.54) is 48.6 Å². The van der Waals surface area contributed by atoms with E-state index < -0.39 is 0 Å². The second-order valence-corrected chi connectivity index (χ2v) is 9.68. The predicted molar refractivity (Wildman–Crippen MR) is 116 cm³/mol. The molecule has 1 aliphatic heterocycles. The Bertz CT molecular complexity index is 998. The molecular weight excluding hydrogens is 364 g/mol. The highest BCUT2D eigenvalue weighted by Gasteiger charge is 2.46. The number of thiophene rings is 1. The first-order valence-corrected chi connectivity index (χ1v) is 11.5. The van der Waals surface area contributed by atoms with Crippen molar-refractivity contribution < 1.29 is 0 Å². The van der Waals surface area contributed by atoms with E-state index >= 15 is 0 Å². The monoisotopic (exact) mass is 390 g/mol. The van der Waals surface area contributed by atoms with Gasteiger partial charge >= 0.3 is 0 Å². The van der Waals surface area contributed by atoms with Crippen molar-refractivity contribution in [3.63, 3.8) is 0 Å².